The Morgan fingerprint density at radius 2 is 1.94 bits per heavy atom. The van der Waals surface area contributed by atoms with Crippen LogP contribution in [0.1, 0.15) is 13.8 Å². The molecule has 86 valence electrons. The van der Waals surface area contributed by atoms with Crippen LogP contribution in [-0.4, -0.2) is 20.2 Å². The van der Waals surface area contributed by atoms with E-state index in [9.17, 15) is 8.42 Å². The average molecular weight is 238 g/mol. The lowest BCUT2D eigenvalue weighted by molar-refractivity contribution is 0.587. The van der Waals surface area contributed by atoms with Gasteiger partial charge in [-0.15, -0.1) is 0 Å². The van der Waals surface area contributed by atoms with E-state index in [1.807, 2.05) is 6.07 Å². The van der Waals surface area contributed by atoms with E-state index in [1.165, 1.54) is 11.2 Å². The van der Waals surface area contributed by atoms with E-state index in [2.05, 4.69) is 0 Å². The summed E-state index contributed by atoms with van der Waals surface area (Å²) in [7, 11) is -3.58. The Labute approximate surface area is 96.2 Å². The van der Waals surface area contributed by atoms with Crippen molar-refractivity contribution in [3.05, 3.63) is 30.3 Å². The molecule has 1 atom stereocenters. The first kappa shape index (κ1) is 12.5. The fraction of sp³-hybridized carbons (Fsp3) is 0.364. The number of sulfonamides is 1. The van der Waals surface area contributed by atoms with Crippen LogP contribution >= 0.6 is 0 Å². The number of hydrogen-bond donors (Lipinski definition) is 0. The van der Waals surface area contributed by atoms with Crippen LogP contribution in [0.15, 0.2) is 30.3 Å². The zero-order valence-corrected chi connectivity index (χ0v) is 10.1. The van der Waals surface area contributed by atoms with Gasteiger partial charge < -0.3 is 0 Å². The zero-order chi connectivity index (χ0) is 12.2. The number of nitriles is 1. The molecule has 0 aliphatic heterocycles. The third-order valence-electron chi connectivity index (χ3n) is 2.27. The van der Waals surface area contributed by atoms with Crippen molar-refractivity contribution in [2.45, 2.75) is 19.1 Å². The lowest BCUT2D eigenvalue weighted by Gasteiger charge is -2.23. The van der Waals surface area contributed by atoms with Crippen molar-refractivity contribution >= 4 is 15.7 Å². The minimum absolute atomic E-state index is 0.318. The monoisotopic (exact) mass is 238 g/mol. The van der Waals surface area contributed by atoms with Gasteiger partial charge in [-0.25, -0.2) is 8.42 Å². The first-order valence-corrected chi connectivity index (χ1v) is 6.50. The molecule has 0 spiro atoms. The molecule has 0 N–H and O–H groups in total. The maximum absolute atomic E-state index is 12.0. The van der Waals surface area contributed by atoms with Gasteiger partial charge in [-0.2, -0.15) is 5.26 Å². The Kier molecular flexibility index (Phi) is 3.91. The van der Waals surface area contributed by atoms with Crippen molar-refractivity contribution < 1.29 is 8.42 Å². The minimum Gasteiger partial charge on any atom is -0.269 e. The fourth-order valence-electron chi connectivity index (χ4n) is 1.36. The van der Waals surface area contributed by atoms with E-state index in [1.54, 1.807) is 37.3 Å². The lowest BCUT2D eigenvalue weighted by Crippen LogP contribution is -2.36. The highest BCUT2D eigenvalue weighted by molar-refractivity contribution is 7.93. The number of anilines is 1. The highest BCUT2D eigenvalue weighted by Gasteiger charge is 2.27. The van der Waals surface area contributed by atoms with E-state index in [0.717, 1.165) is 0 Å². The van der Waals surface area contributed by atoms with Crippen LogP contribution in [0, 0.1) is 11.3 Å². The van der Waals surface area contributed by atoms with Gasteiger partial charge in [-0.3, -0.25) is 4.31 Å². The standard InChI is InChI=1S/C11H14N2O2S/c1-3-13(11-7-5-4-6-8-11)16(14,15)10(2)9-12/h4-8,10H,3H2,1-2H3. The predicted octanol–water partition coefficient (Wildman–Crippen LogP) is 1.75. The summed E-state index contributed by atoms with van der Waals surface area (Å²) in [6.07, 6.45) is 0. The minimum atomic E-state index is -3.58. The van der Waals surface area contributed by atoms with Gasteiger partial charge in [-0.05, 0) is 26.0 Å². The quantitative estimate of drug-likeness (QED) is 0.803. The van der Waals surface area contributed by atoms with Gasteiger partial charge in [0.05, 0.1) is 11.8 Å². The van der Waals surface area contributed by atoms with Gasteiger partial charge in [-0.1, -0.05) is 18.2 Å². The highest BCUT2D eigenvalue weighted by atomic mass is 32.2. The molecular weight excluding hydrogens is 224 g/mol. The van der Waals surface area contributed by atoms with Crippen molar-refractivity contribution in [1.82, 2.24) is 0 Å². The summed E-state index contributed by atoms with van der Waals surface area (Å²) in [5, 5.41) is 7.67. The number of nitrogens with zero attached hydrogens (tertiary/aromatic N) is 2. The number of hydrogen-bond acceptors (Lipinski definition) is 3. The summed E-state index contributed by atoms with van der Waals surface area (Å²) in [5.41, 5.74) is 0.590. The molecule has 0 aliphatic carbocycles. The average Bonchev–Trinajstić information content (AvgIpc) is 2.30. The molecular formula is C11H14N2O2S. The van der Waals surface area contributed by atoms with Crippen molar-refractivity contribution in [3.8, 4) is 6.07 Å². The first-order chi connectivity index (χ1) is 7.54. The molecule has 0 fully saturated rings. The smallest absolute Gasteiger partial charge is 0.251 e. The third-order valence-corrected chi connectivity index (χ3v) is 4.35. The van der Waals surface area contributed by atoms with Crippen LogP contribution in [0.5, 0.6) is 0 Å². The van der Waals surface area contributed by atoms with Crippen molar-refractivity contribution in [1.29, 1.82) is 5.26 Å². The summed E-state index contributed by atoms with van der Waals surface area (Å²) in [6.45, 7) is 3.45. The van der Waals surface area contributed by atoms with E-state index < -0.39 is 15.3 Å². The molecule has 0 amide bonds. The van der Waals surface area contributed by atoms with Crippen LogP contribution < -0.4 is 4.31 Å². The van der Waals surface area contributed by atoms with Crippen LogP contribution in [0.2, 0.25) is 0 Å². The van der Waals surface area contributed by atoms with Gasteiger partial charge in [0.2, 0.25) is 0 Å². The summed E-state index contributed by atoms with van der Waals surface area (Å²) in [6, 6.07) is 10.5. The number of rotatable bonds is 4. The highest BCUT2D eigenvalue weighted by Crippen LogP contribution is 2.19. The SMILES string of the molecule is CCN(c1ccccc1)S(=O)(=O)C(C)C#N. The third kappa shape index (κ3) is 2.34. The Morgan fingerprint density at radius 3 is 2.38 bits per heavy atom. The van der Waals surface area contributed by atoms with E-state index in [0.29, 0.717) is 12.2 Å². The maximum Gasteiger partial charge on any atom is 0.251 e. The van der Waals surface area contributed by atoms with Crippen molar-refractivity contribution in [2.75, 3.05) is 10.8 Å². The van der Waals surface area contributed by atoms with Gasteiger partial charge in [0.15, 0.2) is 5.25 Å². The second-order valence-corrected chi connectivity index (χ2v) is 5.49. The molecule has 0 radical (unpaired) electrons. The van der Waals surface area contributed by atoms with Crippen molar-refractivity contribution in [3.63, 3.8) is 0 Å². The van der Waals surface area contributed by atoms with Crippen molar-refractivity contribution in [2.24, 2.45) is 0 Å². The van der Waals surface area contributed by atoms with E-state index in [-0.39, 0.29) is 0 Å². The predicted molar refractivity (Wildman–Crippen MR) is 63.5 cm³/mol. The summed E-state index contributed by atoms with van der Waals surface area (Å²) in [5.74, 6) is 0. The summed E-state index contributed by atoms with van der Waals surface area (Å²) in [4.78, 5) is 0. The molecule has 0 aromatic heterocycles. The van der Waals surface area contributed by atoms with Gasteiger partial charge in [0, 0.05) is 6.54 Å². The molecule has 5 heteroatoms. The fourth-order valence-corrected chi connectivity index (χ4v) is 2.65. The first-order valence-electron chi connectivity index (χ1n) is 5.00. The topological polar surface area (TPSA) is 61.2 Å². The lowest BCUT2D eigenvalue weighted by atomic mass is 10.3. The molecule has 1 aromatic carbocycles. The Morgan fingerprint density at radius 1 is 1.38 bits per heavy atom. The molecule has 0 bridgehead atoms. The van der Waals surface area contributed by atoms with Gasteiger partial charge in [0.25, 0.3) is 10.0 Å². The van der Waals surface area contributed by atoms with Gasteiger partial charge >= 0.3 is 0 Å². The van der Waals surface area contributed by atoms with Crippen LogP contribution in [-0.2, 0) is 10.0 Å². The normalized spacial score (nSPS) is 12.8. The Hall–Kier alpha value is -1.54. The van der Waals surface area contributed by atoms with E-state index >= 15 is 0 Å². The molecule has 0 saturated carbocycles. The number of para-hydroxylation sites is 1. The van der Waals surface area contributed by atoms with Gasteiger partial charge in [0.1, 0.15) is 0 Å². The number of benzene rings is 1. The summed E-state index contributed by atoms with van der Waals surface area (Å²) >= 11 is 0. The Bertz CT molecular complexity index is 476. The summed E-state index contributed by atoms with van der Waals surface area (Å²) < 4.78 is 25.2. The molecule has 0 heterocycles. The zero-order valence-electron chi connectivity index (χ0n) is 9.29. The second-order valence-electron chi connectivity index (χ2n) is 3.32. The van der Waals surface area contributed by atoms with Crippen LogP contribution in [0.4, 0.5) is 5.69 Å². The molecule has 0 aliphatic rings. The van der Waals surface area contributed by atoms with Crippen LogP contribution in [0.3, 0.4) is 0 Å². The second kappa shape index (κ2) is 4.99. The van der Waals surface area contributed by atoms with Crippen LogP contribution in [0.25, 0.3) is 0 Å². The molecule has 1 unspecified atom stereocenters. The largest absolute Gasteiger partial charge is 0.269 e. The molecule has 1 aromatic rings. The van der Waals surface area contributed by atoms with E-state index in [4.69, 9.17) is 5.26 Å². The Balaban J connectivity index is 3.15. The molecule has 1 rings (SSSR count). The molecule has 0 saturated heterocycles. The molecule has 16 heavy (non-hydrogen) atoms. The molecule has 4 nitrogen and oxygen atoms in total. The maximum atomic E-state index is 12.0.